The highest BCUT2D eigenvalue weighted by Gasteiger charge is 1.94. The second-order valence-corrected chi connectivity index (χ2v) is 4.45. The summed E-state index contributed by atoms with van der Waals surface area (Å²) in [5.41, 5.74) is 5.33. The molecule has 9 heteroatoms. The lowest BCUT2D eigenvalue weighted by Crippen LogP contribution is -2.12. The van der Waals surface area contributed by atoms with Crippen LogP contribution in [0.2, 0.25) is 5.15 Å². The Morgan fingerprint density at radius 3 is 2.43 bits per heavy atom. The van der Waals surface area contributed by atoms with Crippen LogP contribution in [-0.2, 0) is 10.1 Å². The minimum atomic E-state index is -3.92. The topological polar surface area (TPSA) is 113 Å². The van der Waals surface area contributed by atoms with Crippen molar-refractivity contribution >= 4 is 39.8 Å². The minimum absolute atomic E-state index is 0.431. The molecule has 14 heavy (non-hydrogen) atoms. The summed E-state index contributed by atoms with van der Waals surface area (Å²) in [6.07, 6.45) is 0.604. The van der Waals surface area contributed by atoms with Gasteiger partial charge < -0.3 is 10.3 Å². The fraction of sp³-hybridized carbons (Fsp3) is 0.200. The Morgan fingerprint density at radius 1 is 1.71 bits per heavy atom. The van der Waals surface area contributed by atoms with Crippen molar-refractivity contribution in [3.05, 3.63) is 16.0 Å². The van der Waals surface area contributed by atoms with Crippen LogP contribution in [-0.4, -0.2) is 24.2 Å². The SMILES string of the molecule is CS(=O)(=O)[O-].Nc1cc(Cl)[nH]c(=S)[nH+]1. The van der Waals surface area contributed by atoms with E-state index in [0.717, 1.165) is 0 Å². The van der Waals surface area contributed by atoms with Crippen LogP contribution in [0.25, 0.3) is 0 Å². The summed E-state index contributed by atoms with van der Waals surface area (Å²) in [6.45, 7) is 0. The van der Waals surface area contributed by atoms with Crippen molar-refractivity contribution in [3.8, 4) is 0 Å². The molecule has 4 N–H and O–H groups in total. The molecule has 0 spiro atoms. The average molecular weight is 258 g/mol. The second kappa shape index (κ2) is 5.25. The van der Waals surface area contributed by atoms with Gasteiger partial charge in [-0.2, -0.15) is 0 Å². The first-order valence-electron chi connectivity index (χ1n) is 3.17. The van der Waals surface area contributed by atoms with Gasteiger partial charge in [0, 0.05) is 6.26 Å². The van der Waals surface area contributed by atoms with Gasteiger partial charge in [-0.05, 0) is 23.8 Å². The number of aromatic amines is 2. The molecule has 1 rings (SSSR count). The normalized spacial score (nSPS) is 10.2. The third-order valence-corrected chi connectivity index (χ3v) is 1.18. The number of aromatic nitrogens is 2. The first kappa shape index (κ1) is 13.3. The van der Waals surface area contributed by atoms with Gasteiger partial charge in [0.15, 0.2) is 5.15 Å². The molecule has 0 aliphatic carbocycles. The number of rotatable bonds is 0. The van der Waals surface area contributed by atoms with Gasteiger partial charge >= 0.3 is 0 Å². The van der Waals surface area contributed by atoms with Crippen LogP contribution in [0.4, 0.5) is 5.82 Å². The summed E-state index contributed by atoms with van der Waals surface area (Å²) < 4.78 is 27.7. The smallest absolute Gasteiger partial charge is 0.293 e. The molecular formula is C5H8ClN3O3S2. The Bertz CT molecular complexity index is 424. The summed E-state index contributed by atoms with van der Waals surface area (Å²) in [5, 5.41) is 0.441. The molecule has 6 nitrogen and oxygen atoms in total. The molecule has 0 saturated carbocycles. The first-order valence-corrected chi connectivity index (χ1v) is 5.77. The summed E-state index contributed by atoms with van der Waals surface area (Å²) >= 11 is 10.2. The van der Waals surface area contributed by atoms with Crippen molar-refractivity contribution in [1.82, 2.24) is 4.98 Å². The number of anilines is 1. The van der Waals surface area contributed by atoms with Gasteiger partial charge in [0.25, 0.3) is 4.77 Å². The Hall–Kier alpha value is -0.700. The molecule has 0 aliphatic heterocycles. The van der Waals surface area contributed by atoms with Crippen molar-refractivity contribution < 1.29 is 18.0 Å². The largest absolute Gasteiger partial charge is 0.748 e. The van der Waals surface area contributed by atoms with E-state index in [9.17, 15) is 0 Å². The monoisotopic (exact) mass is 257 g/mol. The second-order valence-electron chi connectivity index (χ2n) is 2.23. The predicted molar refractivity (Wildman–Crippen MR) is 53.2 cm³/mol. The van der Waals surface area contributed by atoms with E-state index < -0.39 is 10.1 Å². The highest BCUT2D eigenvalue weighted by Crippen LogP contribution is 2.02. The number of nitrogens with one attached hydrogen (secondary N) is 2. The van der Waals surface area contributed by atoms with Crippen LogP contribution < -0.4 is 10.7 Å². The number of H-pyrrole nitrogens is 2. The van der Waals surface area contributed by atoms with Gasteiger partial charge in [0.1, 0.15) is 0 Å². The van der Waals surface area contributed by atoms with Crippen molar-refractivity contribution in [1.29, 1.82) is 0 Å². The lowest BCUT2D eigenvalue weighted by molar-refractivity contribution is -0.374. The maximum Gasteiger partial charge on any atom is 0.293 e. The molecule has 0 aromatic carbocycles. The highest BCUT2D eigenvalue weighted by molar-refractivity contribution is 7.84. The number of hydrogen-bond acceptors (Lipinski definition) is 5. The maximum atomic E-state index is 9.08. The third-order valence-electron chi connectivity index (χ3n) is 0.773. The quantitative estimate of drug-likeness (QED) is 0.384. The van der Waals surface area contributed by atoms with E-state index in [1.165, 1.54) is 0 Å². The zero-order valence-corrected chi connectivity index (χ0v) is 9.46. The first-order chi connectivity index (χ1) is 6.18. The molecule has 0 fully saturated rings. The predicted octanol–water partition coefficient (Wildman–Crippen LogP) is -0.0447. The van der Waals surface area contributed by atoms with E-state index >= 15 is 0 Å². The molecule has 0 radical (unpaired) electrons. The van der Waals surface area contributed by atoms with Gasteiger partial charge in [-0.15, -0.1) is 0 Å². The third kappa shape index (κ3) is 9.39. The molecular weight excluding hydrogens is 250 g/mol. The lowest BCUT2D eigenvalue weighted by Gasteiger charge is -1.90. The van der Waals surface area contributed by atoms with E-state index in [1.807, 2.05) is 0 Å². The Labute approximate surface area is 90.9 Å². The summed E-state index contributed by atoms with van der Waals surface area (Å²) in [7, 11) is -3.92. The Balaban J connectivity index is 0.000000292. The van der Waals surface area contributed by atoms with Gasteiger partial charge in [-0.1, -0.05) is 0 Å². The number of nitrogens with two attached hydrogens (primary N) is 1. The van der Waals surface area contributed by atoms with E-state index in [0.29, 0.717) is 22.0 Å². The zero-order chi connectivity index (χ0) is 11.4. The van der Waals surface area contributed by atoms with Crippen LogP contribution in [0.3, 0.4) is 0 Å². The molecule has 0 saturated heterocycles. The van der Waals surface area contributed by atoms with E-state index in [-0.39, 0.29) is 0 Å². The van der Waals surface area contributed by atoms with Gasteiger partial charge in [0.2, 0.25) is 5.82 Å². The van der Waals surface area contributed by atoms with Crippen molar-refractivity contribution in [2.24, 2.45) is 0 Å². The van der Waals surface area contributed by atoms with Crippen LogP contribution in [0.15, 0.2) is 6.07 Å². The van der Waals surface area contributed by atoms with Crippen LogP contribution in [0.1, 0.15) is 0 Å². The number of halogens is 1. The van der Waals surface area contributed by atoms with Gasteiger partial charge in [0.05, 0.1) is 16.2 Å². The molecule has 0 aliphatic rings. The Morgan fingerprint density at radius 2 is 2.14 bits per heavy atom. The molecule has 80 valence electrons. The fourth-order valence-corrected chi connectivity index (χ4v) is 0.975. The summed E-state index contributed by atoms with van der Waals surface area (Å²) in [4.78, 5) is 5.32. The van der Waals surface area contributed by atoms with E-state index in [2.05, 4.69) is 9.97 Å². The zero-order valence-electron chi connectivity index (χ0n) is 7.07. The van der Waals surface area contributed by atoms with Crippen LogP contribution in [0.5, 0.6) is 0 Å². The van der Waals surface area contributed by atoms with Gasteiger partial charge in [-0.25, -0.2) is 13.4 Å². The average Bonchev–Trinajstić information content (AvgIpc) is 1.77. The molecule has 0 amide bonds. The van der Waals surface area contributed by atoms with E-state index in [1.54, 1.807) is 6.07 Å². The van der Waals surface area contributed by atoms with Crippen LogP contribution in [0, 0.1) is 4.77 Å². The molecule has 1 aromatic heterocycles. The van der Waals surface area contributed by atoms with Crippen molar-refractivity contribution in [2.45, 2.75) is 0 Å². The summed E-state index contributed by atoms with van der Waals surface area (Å²) in [5.74, 6) is 0.462. The van der Waals surface area contributed by atoms with Crippen molar-refractivity contribution in [2.75, 3.05) is 12.0 Å². The maximum absolute atomic E-state index is 9.08. The fourth-order valence-electron chi connectivity index (χ4n) is 0.479. The minimum Gasteiger partial charge on any atom is -0.748 e. The van der Waals surface area contributed by atoms with Gasteiger partial charge in [-0.3, -0.25) is 4.98 Å². The van der Waals surface area contributed by atoms with Crippen molar-refractivity contribution in [3.63, 3.8) is 0 Å². The lowest BCUT2D eigenvalue weighted by atomic mass is 10.6. The number of nitrogen functional groups attached to an aromatic ring is 1. The highest BCUT2D eigenvalue weighted by atomic mass is 35.5. The summed E-state index contributed by atoms with van der Waals surface area (Å²) in [6, 6.07) is 1.55. The molecule has 0 atom stereocenters. The number of hydrogen-bond donors (Lipinski definition) is 2. The Kier molecular flexibility index (Phi) is 4.99. The molecule has 0 unspecified atom stereocenters. The van der Waals surface area contributed by atoms with Crippen LogP contribution >= 0.6 is 23.8 Å². The molecule has 1 heterocycles. The standard InChI is InChI=1S/C4H4ClN3S.CH4O3S/c5-2-1-3(6)8-4(9)7-2;1-5(2,3)4/h1H,(H3,6,7,8,9);1H3,(H,2,3,4). The molecule has 0 bridgehead atoms. The molecule has 1 aromatic rings. The van der Waals surface area contributed by atoms with E-state index in [4.69, 9.17) is 42.5 Å².